The maximum Gasteiger partial charge on any atom is 0.238 e. The first-order valence-corrected chi connectivity index (χ1v) is 18.8. The molecule has 0 unspecified atom stereocenters. The molecule has 0 saturated carbocycles. The molecule has 0 aliphatic carbocycles. The van der Waals surface area contributed by atoms with E-state index in [2.05, 4.69) is 77.4 Å². The van der Waals surface area contributed by atoms with Crippen molar-refractivity contribution in [3.8, 4) is 40.1 Å². The molecule has 6 nitrogen and oxygen atoms in total. The number of benzene rings is 8. The van der Waals surface area contributed by atoms with Crippen LogP contribution in [0.5, 0.6) is 0 Å². The largest absolute Gasteiger partial charge is 0.309 e. The Labute approximate surface area is 334 Å². The van der Waals surface area contributed by atoms with Crippen LogP contribution in [0, 0.1) is 0 Å². The normalized spacial score (nSPS) is 13.1. The van der Waals surface area contributed by atoms with Crippen LogP contribution in [0.4, 0.5) is 0 Å². The number of hydrogen-bond donors (Lipinski definition) is 0. The quantitative estimate of drug-likeness (QED) is 0.177. The number of nitrogens with zero attached hydrogens (tertiary/aromatic N) is 6. The zero-order valence-electron chi connectivity index (χ0n) is 35.3. The molecule has 0 bridgehead atoms. The predicted molar refractivity (Wildman–Crippen MR) is 234 cm³/mol. The van der Waals surface area contributed by atoms with Crippen molar-refractivity contribution in [2.24, 2.45) is 0 Å². The minimum atomic E-state index is -0.437. The van der Waals surface area contributed by atoms with Crippen molar-refractivity contribution in [2.45, 2.75) is 0 Å². The van der Waals surface area contributed by atoms with E-state index in [-0.39, 0.29) is 17.8 Å². The predicted octanol–water partition coefficient (Wildman–Crippen LogP) is 12.5. The van der Waals surface area contributed by atoms with Gasteiger partial charge in [0, 0.05) is 54.8 Å². The van der Waals surface area contributed by atoms with E-state index < -0.39 is 18.1 Å². The SMILES string of the molecule is [2H]c1c([2H])c([2H])c(-n2c3ccccc3c3cc4c5ccccc5n(-c5nc(-c6ccccc6)nc(-c6ccc7c8ccccc8n(-c8ccccc8)c7c6)n5)c4cc32)c([2H])c1[2H]. The second kappa shape index (κ2) is 12.3. The van der Waals surface area contributed by atoms with Gasteiger partial charge in [0.25, 0.3) is 0 Å². The summed E-state index contributed by atoms with van der Waals surface area (Å²) in [5.41, 5.74) is 7.98. The van der Waals surface area contributed by atoms with Crippen LogP contribution in [0.1, 0.15) is 6.85 Å². The highest BCUT2D eigenvalue weighted by atomic mass is 15.2. The fourth-order valence-corrected chi connectivity index (χ4v) is 8.52. The molecule has 0 spiro atoms. The van der Waals surface area contributed by atoms with Gasteiger partial charge in [0.2, 0.25) is 5.95 Å². The van der Waals surface area contributed by atoms with E-state index >= 15 is 0 Å². The summed E-state index contributed by atoms with van der Waals surface area (Å²) in [5, 5.41) is 5.98. The summed E-state index contributed by atoms with van der Waals surface area (Å²) in [6, 6.07) is 53.4. The molecule has 12 aromatic rings. The fourth-order valence-electron chi connectivity index (χ4n) is 8.52. The summed E-state index contributed by atoms with van der Waals surface area (Å²) in [7, 11) is 0. The Hall–Kier alpha value is -7.83. The van der Waals surface area contributed by atoms with Crippen molar-refractivity contribution in [1.29, 1.82) is 0 Å². The standard InChI is InChI=1S/C51H32N6/c1-4-16-33(17-5-1)49-52-50(34-28-29-40-37-22-10-13-25-43(37)55(46(40)30-34)35-18-6-2-7-19-35)54-51(53-49)57-45-27-15-12-24-39(45)42-31-41-38-23-11-14-26-44(38)56(47(41)32-48(42)57)36-20-8-3-9-21-36/h1-32H/i3D,8D,9D,20D,21D. The van der Waals surface area contributed by atoms with Crippen LogP contribution in [0.25, 0.3) is 106 Å². The van der Waals surface area contributed by atoms with E-state index in [0.29, 0.717) is 23.1 Å². The molecule has 0 aliphatic rings. The van der Waals surface area contributed by atoms with Gasteiger partial charge in [-0.15, -0.1) is 0 Å². The highest BCUT2D eigenvalue weighted by molar-refractivity contribution is 6.19. The van der Waals surface area contributed by atoms with Gasteiger partial charge in [0.15, 0.2) is 11.6 Å². The van der Waals surface area contributed by atoms with E-state index in [1.54, 1.807) is 4.57 Å². The highest BCUT2D eigenvalue weighted by Gasteiger charge is 2.22. The fraction of sp³-hybridized carbons (Fsp3) is 0. The molecule has 0 N–H and O–H groups in total. The number of rotatable bonds is 5. The summed E-state index contributed by atoms with van der Waals surface area (Å²) in [6.07, 6.45) is 0. The van der Waals surface area contributed by atoms with Gasteiger partial charge >= 0.3 is 0 Å². The minimum Gasteiger partial charge on any atom is -0.309 e. The third kappa shape index (κ3) is 4.81. The van der Waals surface area contributed by atoms with E-state index in [1.807, 2.05) is 95.6 Å². The van der Waals surface area contributed by atoms with E-state index in [9.17, 15) is 0 Å². The Kier molecular flexibility index (Phi) is 5.82. The topological polar surface area (TPSA) is 53.5 Å². The summed E-state index contributed by atoms with van der Waals surface area (Å²) < 4.78 is 49.6. The number of aromatic nitrogens is 6. The van der Waals surface area contributed by atoms with E-state index in [4.69, 9.17) is 21.8 Å². The summed E-state index contributed by atoms with van der Waals surface area (Å²) in [4.78, 5) is 15.6. The first-order valence-electron chi connectivity index (χ1n) is 21.3. The monoisotopic (exact) mass is 733 g/mol. The Bertz CT molecular complexity index is 3790. The van der Waals surface area contributed by atoms with E-state index in [1.165, 1.54) is 0 Å². The lowest BCUT2D eigenvalue weighted by atomic mass is 10.1. The van der Waals surface area contributed by atoms with Crippen LogP contribution in [0.2, 0.25) is 0 Å². The molecule has 0 saturated heterocycles. The Balaban J connectivity index is 1.17. The molecule has 266 valence electrons. The second-order valence-electron chi connectivity index (χ2n) is 14.1. The molecule has 8 aromatic carbocycles. The lowest BCUT2D eigenvalue weighted by Gasteiger charge is -2.12. The molecule has 4 heterocycles. The average molecular weight is 734 g/mol. The first-order chi connectivity index (χ1) is 30.4. The Morgan fingerprint density at radius 3 is 1.49 bits per heavy atom. The van der Waals surface area contributed by atoms with Crippen LogP contribution < -0.4 is 0 Å². The lowest BCUT2D eigenvalue weighted by molar-refractivity contribution is 0.953. The van der Waals surface area contributed by atoms with Gasteiger partial charge < -0.3 is 9.13 Å². The minimum absolute atomic E-state index is 0.0846. The molecule has 0 fully saturated rings. The molecule has 0 radical (unpaired) electrons. The van der Waals surface area contributed by atoms with Crippen molar-refractivity contribution < 1.29 is 6.85 Å². The molecule has 0 atom stereocenters. The number of hydrogen-bond acceptors (Lipinski definition) is 3. The van der Waals surface area contributed by atoms with Crippen LogP contribution in [0.3, 0.4) is 0 Å². The van der Waals surface area contributed by atoms with Gasteiger partial charge in [-0.1, -0.05) is 133 Å². The smallest absolute Gasteiger partial charge is 0.238 e. The molecular weight excluding hydrogens is 697 g/mol. The van der Waals surface area contributed by atoms with Crippen molar-refractivity contribution in [2.75, 3.05) is 0 Å². The summed E-state index contributed by atoms with van der Waals surface area (Å²) in [5.74, 6) is 1.42. The third-order valence-corrected chi connectivity index (χ3v) is 11.0. The van der Waals surface area contributed by atoms with Crippen LogP contribution in [-0.4, -0.2) is 28.7 Å². The van der Waals surface area contributed by atoms with Crippen molar-refractivity contribution in [3.63, 3.8) is 0 Å². The Morgan fingerprint density at radius 2 is 0.825 bits per heavy atom. The van der Waals surface area contributed by atoms with Gasteiger partial charge in [-0.3, -0.25) is 4.57 Å². The van der Waals surface area contributed by atoms with Crippen molar-refractivity contribution in [1.82, 2.24) is 28.7 Å². The summed E-state index contributed by atoms with van der Waals surface area (Å²) >= 11 is 0. The number of para-hydroxylation sites is 5. The molecular formula is C51H32N6. The molecule has 57 heavy (non-hydrogen) atoms. The van der Waals surface area contributed by atoms with E-state index in [0.717, 1.165) is 76.7 Å². The molecule has 12 rings (SSSR count). The zero-order chi connectivity index (χ0) is 41.8. The maximum absolute atomic E-state index is 9.02. The van der Waals surface area contributed by atoms with Crippen LogP contribution in [0.15, 0.2) is 194 Å². The molecule has 0 aliphatic heterocycles. The summed E-state index contributed by atoms with van der Waals surface area (Å²) in [6.45, 7) is 0. The van der Waals surface area contributed by atoms with Gasteiger partial charge in [-0.05, 0) is 60.6 Å². The maximum atomic E-state index is 9.02. The van der Waals surface area contributed by atoms with Gasteiger partial charge in [-0.2, -0.15) is 9.97 Å². The van der Waals surface area contributed by atoms with Crippen LogP contribution >= 0.6 is 0 Å². The molecule has 4 aromatic heterocycles. The molecule has 6 heteroatoms. The van der Waals surface area contributed by atoms with Gasteiger partial charge in [0.1, 0.15) is 0 Å². The van der Waals surface area contributed by atoms with Crippen molar-refractivity contribution >= 4 is 65.4 Å². The second-order valence-corrected chi connectivity index (χ2v) is 14.1. The third-order valence-electron chi connectivity index (χ3n) is 11.0. The van der Waals surface area contributed by atoms with Crippen molar-refractivity contribution in [3.05, 3.63) is 194 Å². The highest BCUT2D eigenvalue weighted by Crippen LogP contribution is 2.40. The van der Waals surface area contributed by atoms with Crippen LogP contribution in [-0.2, 0) is 0 Å². The van der Waals surface area contributed by atoms with Gasteiger partial charge in [-0.25, -0.2) is 4.98 Å². The first kappa shape index (κ1) is 26.9. The Morgan fingerprint density at radius 1 is 0.333 bits per heavy atom. The molecule has 0 amide bonds. The van der Waals surface area contributed by atoms with Gasteiger partial charge in [0.05, 0.1) is 40.0 Å². The lowest BCUT2D eigenvalue weighted by Crippen LogP contribution is -2.06. The average Bonchev–Trinajstić information content (AvgIpc) is 3.95. The number of fused-ring (bicyclic) bond motifs is 9. The zero-order valence-corrected chi connectivity index (χ0v) is 30.3.